The Labute approximate surface area is 198 Å². The van der Waals surface area contributed by atoms with Gasteiger partial charge in [-0.1, -0.05) is 41.7 Å². The molecule has 174 valence electrons. The van der Waals surface area contributed by atoms with Gasteiger partial charge in [0.05, 0.1) is 5.56 Å². The molecule has 0 atom stereocenters. The number of aromatic nitrogens is 3. The van der Waals surface area contributed by atoms with Gasteiger partial charge in [0.15, 0.2) is 5.76 Å². The highest BCUT2D eigenvalue weighted by atomic mass is 32.1. The van der Waals surface area contributed by atoms with Crippen LogP contribution in [0.2, 0.25) is 0 Å². The summed E-state index contributed by atoms with van der Waals surface area (Å²) in [6.45, 7) is 1.91. The predicted octanol–water partition coefficient (Wildman–Crippen LogP) is 5.70. The molecule has 0 aliphatic heterocycles. The summed E-state index contributed by atoms with van der Waals surface area (Å²) in [5.41, 5.74) is 0.740. The molecule has 0 bridgehead atoms. The van der Waals surface area contributed by atoms with Gasteiger partial charge in [-0.15, -0.1) is 5.10 Å². The summed E-state index contributed by atoms with van der Waals surface area (Å²) in [7, 11) is 0. The first-order valence-corrected chi connectivity index (χ1v) is 11.3. The van der Waals surface area contributed by atoms with Crippen LogP contribution in [0.3, 0.4) is 0 Å². The van der Waals surface area contributed by atoms with Gasteiger partial charge in [0.2, 0.25) is 10.8 Å². The number of aryl methyl sites for hydroxylation is 1. The number of hydrogen-bond acceptors (Lipinski definition) is 6. The van der Waals surface area contributed by atoms with Crippen LogP contribution in [0.1, 0.15) is 16.9 Å². The number of furan rings is 2. The maximum Gasteiger partial charge on any atom is 0.416 e. The largest absolute Gasteiger partial charge is 0.457 e. The number of benzene rings is 2. The topological polar surface area (TPSA) is 73.5 Å². The van der Waals surface area contributed by atoms with Crippen LogP contribution >= 0.6 is 11.3 Å². The van der Waals surface area contributed by atoms with E-state index in [1.54, 1.807) is 12.1 Å². The molecule has 2 aromatic carbocycles. The van der Waals surface area contributed by atoms with E-state index in [-0.39, 0.29) is 16.9 Å². The molecule has 0 fully saturated rings. The lowest BCUT2D eigenvalue weighted by molar-refractivity contribution is -0.137. The molecule has 6 aromatic rings. The second-order valence-electron chi connectivity index (χ2n) is 7.88. The fourth-order valence-electron chi connectivity index (χ4n) is 3.88. The zero-order valence-corrected chi connectivity index (χ0v) is 18.8. The maximum atomic E-state index is 13.0. The Kier molecular flexibility index (Phi) is 4.68. The van der Waals surface area contributed by atoms with Crippen LogP contribution in [-0.4, -0.2) is 14.6 Å². The summed E-state index contributed by atoms with van der Waals surface area (Å²) in [5, 5.41) is 5.29. The van der Waals surface area contributed by atoms with Crippen LogP contribution in [0.5, 0.6) is 0 Å². The Hall–Kier alpha value is -4.18. The van der Waals surface area contributed by atoms with Gasteiger partial charge in [-0.05, 0) is 37.3 Å². The van der Waals surface area contributed by atoms with Crippen LogP contribution in [0.25, 0.3) is 44.9 Å². The average Bonchev–Trinajstić information content (AvgIpc) is 3.60. The van der Waals surface area contributed by atoms with Crippen molar-refractivity contribution in [2.24, 2.45) is 0 Å². The van der Waals surface area contributed by atoms with Crippen molar-refractivity contribution in [3.8, 4) is 22.9 Å². The zero-order valence-electron chi connectivity index (χ0n) is 18.0. The molecule has 0 unspecified atom stereocenters. The monoisotopic (exact) mass is 493 g/mol. The summed E-state index contributed by atoms with van der Waals surface area (Å²) < 4.78 is 52.2. The molecule has 0 saturated carbocycles. The van der Waals surface area contributed by atoms with Crippen LogP contribution < -0.4 is 10.1 Å². The molecule has 0 spiro atoms. The molecule has 35 heavy (non-hydrogen) atoms. The highest BCUT2D eigenvalue weighted by molar-refractivity contribution is 7.15. The predicted molar refractivity (Wildman–Crippen MR) is 125 cm³/mol. The lowest BCUT2D eigenvalue weighted by Crippen LogP contribution is -2.23. The first-order chi connectivity index (χ1) is 16.8. The highest BCUT2D eigenvalue weighted by Crippen LogP contribution is 2.33. The third-order valence-corrected chi connectivity index (χ3v) is 6.56. The molecule has 6 nitrogen and oxygen atoms in total. The van der Waals surface area contributed by atoms with Gasteiger partial charge >= 0.3 is 6.18 Å². The Morgan fingerprint density at radius 2 is 1.86 bits per heavy atom. The van der Waals surface area contributed by atoms with Crippen molar-refractivity contribution in [2.45, 2.75) is 13.1 Å². The first-order valence-electron chi connectivity index (χ1n) is 10.5. The molecule has 0 aliphatic carbocycles. The third-order valence-electron chi connectivity index (χ3n) is 5.60. The number of para-hydroxylation sites is 1. The molecule has 0 amide bonds. The van der Waals surface area contributed by atoms with E-state index >= 15 is 0 Å². The van der Waals surface area contributed by atoms with Crippen LogP contribution in [0, 0.1) is 6.92 Å². The van der Waals surface area contributed by atoms with E-state index in [2.05, 4.69) is 10.1 Å². The Bertz CT molecular complexity index is 1840. The van der Waals surface area contributed by atoms with Gasteiger partial charge in [0, 0.05) is 22.6 Å². The molecule has 6 rings (SSSR count). The van der Waals surface area contributed by atoms with E-state index in [0.717, 1.165) is 34.4 Å². The number of halogens is 3. The minimum Gasteiger partial charge on any atom is -0.457 e. The Morgan fingerprint density at radius 3 is 2.63 bits per heavy atom. The fourth-order valence-corrected chi connectivity index (χ4v) is 4.77. The van der Waals surface area contributed by atoms with E-state index < -0.39 is 11.7 Å². The molecule has 0 N–H and O–H groups in total. The van der Waals surface area contributed by atoms with Crippen molar-refractivity contribution in [2.75, 3.05) is 0 Å². The van der Waals surface area contributed by atoms with Crippen molar-refractivity contribution in [1.82, 2.24) is 14.6 Å². The standard InChI is InChI=1S/C25H14F3N3O3S/c1-13-17-7-2-3-8-19(17)34-21(13)22-29-24-31(30-22)23(32)20(35-24)12-16-9-10-18(33-16)14-5-4-6-15(11-14)25(26,27)28/h2-12H,1H3/b20-12-. The SMILES string of the molecule is Cc1c(-c2nc3s/c(=C\c4ccc(-c5cccc(C(F)(F)F)c5)o4)c(=O)n3n2)oc2ccccc12. The zero-order chi connectivity index (χ0) is 24.3. The third kappa shape index (κ3) is 3.62. The second-order valence-corrected chi connectivity index (χ2v) is 8.89. The van der Waals surface area contributed by atoms with Gasteiger partial charge in [0.25, 0.3) is 5.56 Å². The maximum absolute atomic E-state index is 13.0. The van der Waals surface area contributed by atoms with Crippen molar-refractivity contribution >= 4 is 33.3 Å². The summed E-state index contributed by atoms with van der Waals surface area (Å²) in [5.74, 6) is 1.41. The van der Waals surface area contributed by atoms with Gasteiger partial charge in [0.1, 0.15) is 21.6 Å². The average molecular weight is 493 g/mol. The molecular weight excluding hydrogens is 479 g/mol. The van der Waals surface area contributed by atoms with E-state index in [9.17, 15) is 18.0 Å². The molecule has 0 radical (unpaired) electrons. The van der Waals surface area contributed by atoms with Gasteiger partial charge in [-0.25, -0.2) is 0 Å². The lowest BCUT2D eigenvalue weighted by Gasteiger charge is -2.07. The van der Waals surface area contributed by atoms with E-state index in [4.69, 9.17) is 8.83 Å². The number of hydrogen-bond donors (Lipinski definition) is 0. The summed E-state index contributed by atoms with van der Waals surface area (Å²) in [6.07, 6.45) is -2.93. The van der Waals surface area contributed by atoms with Crippen molar-refractivity contribution < 1.29 is 22.0 Å². The molecule has 4 aromatic heterocycles. The minimum atomic E-state index is -4.45. The fraction of sp³-hybridized carbons (Fsp3) is 0.0800. The number of alkyl halides is 3. The van der Waals surface area contributed by atoms with Crippen LogP contribution in [0.4, 0.5) is 13.2 Å². The van der Waals surface area contributed by atoms with E-state index in [1.165, 1.54) is 22.7 Å². The van der Waals surface area contributed by atoms with E-state index in [0.29, 0.717) is 32.4 Å². The van der Waals surface area contributed by atoms with Gasteiger partial charge < -0.3 is 8.83 Å². The minimum absolute atomic E-state index is 0.261. The molecule has 10 heteroatoms. The quantitative estimate of drug-likeness (QED) is 0.316. The summed E-state index contributed by atoms with van der Waals surface area (Å²) in [4.78, 5) is 17.8. The van der Waals surface area contributed by atoms with Crippen LogP contribution in [0.15, 0.2) is 74.3 Å². The van der Waals surface area contributed by atoms with E-state index in [1.807, 2.05) is 31.2 Å². The molecule has 4 heterocycles. The molecular formula is C25H14F3N3O3S. The highest BCUT2D eigenvalue weighted by Gasteiger charge is 2.30. The van der Waals surface area contributed by atoms with Crippen molar-refractivity contribution in [3.63, 3.8) is 0 Å². The Morgan fingerprint density at radius 1 is 1.03 bits per heavy atom. The van der Waals surface area contributed by atoms with Gasteiger partial charge in [-0.3, -0.25) is 4.79 Å². The van der Waals surface area contributed by atoms with Crippen LogP contribution in [-0.2, 0) is 6.18 Å². The lowest BCUT2D eigenvalue weighted by atomic mass is 10.1. The summed E-state index contributed by atoms with van der Waals surface area (Å²) >= 11 is 1.13. The number of fused-ring (bicyclic) bond motifs is 2. The number of nitrogens with zero attached hydrogens (tertiary/aromatic N) is 3. The normalized spacial score (nSPS) is 12.9. The second kappa shape index (κ2) is 7.67. The molecule has 0 aliphatic rings. The number of rotatable bonds is 3. The first kappa shape index (κ1) is 21.4. The molecule has 0 saturated heterocycles. The van der Waals surface area contributed by atoms with Gasteiger partial charge in [-0.2, -0.15) is 22.7 Å². The van der Waals surface area contributed by atoms with Crippen molar-refractivity contribution in [3.05, 3.63) is 92.4 Å². The van der Waals surface area contributed by atoms with Crippen molar-refractivity contribution in [1.29, 1.82) is 0 Å². The smallest absolute Gasteiger partial charge is 0.416 e. The summed E-state index contributed by atoms with van der Waals surface area (Å²) in [6, 6.07) is 15.6. The Balaban J connectivity index is 1.36. The number of thiazole rings is 1.